The van der Waals surface area contributed by atoms with Gasteiger partial charge in [0.15, 0.2) is 0 Å². The van der Waals surface area contributed by atoms with Gasteiger partial charge in [-0.2, -0.15) is 0 Å². The van der Waals surface area contributed by atoms with Crippen molar-refractivity contribution < 1.29 is 9.13 Å². The fourth-order valence-corrected chi connectivity index (χ4v) is 1.86. The molecule has 0 saturated carbocycles. The number of halogens is 3. The maximum atomic E-state index is 13.5. The van der Waals surface area contributed by atoms with Crippen LogP contribution in [0.25, 0.3) is 0 Å². The third-order valence-corrected chi connectivity index (χ3v) is 2.96. The van der Waals surface area contributed by atoms with E-state index in [1.807, 2.05) is 0 Å². The standard InChI is InChI=1S/C12H16Cl2FNO/c1-17-8-10(13)5-6-16-7-9-3-2-4-11(14)12(9)15/h2-4,10,16H,5-8H2,1H3. The molecule has 1 N–H and O–H groups in total. The summed E-state index contributed by atoms with van der Waals surface area (Å²) in [7, 11) is 1.62. The molecule has 0 fully saturated rings. The summed E-state index contributed by atoms with van der Waals surface area (Å²) in [6.45, 7) is 1.68. The third-order valence-electron chi connectivity index (χ3n) is 2.33. The van der Waals surface area contributed by atoms with Crippen molar-refractivity contribution in [1.82, 2.24) is 5.32 Å². The number of hydrogen-bond donors (Lipinski definition) is 1. The number of rotatable bonds is 7. The Balaban J connectivity index is 2.29. The number of alkyl halides is 1. The van der Waals surface area contributed by atoms with E-state index in [0.29, 0.717) is 25.3 Å². The zero-order valence-corrected chi connectivity index (χ0v) is 11.2. The van der Waals surface area contributed by atoms with E-state index < -0.39 is 0 Å². The molecular formula is C12H16Cl2FNO. The van der Waals surface area contributed by atoms with E-state index in [0.717, 1.165) is 6.42 Å². The lowest BCUT2D eigenvalue weighted by molar-refractivity contribution is 0.195. The molecule has 0 heterocycles. The van der Waals surface area contributed by atoms with E-state index in [9.17, 15) is 4.39 Å². The quantitative estimate of drug-likeness (QED) is 0.611. The molecule has 1 unspecified atom stereocenters. The van der Waals surface area contributed by atoms with Crippen LogP contribution in [-0.4, -0.2) is 25.6 Å². The maximum Gasteiger partial charge on any atom is 0.146 e. The minimum Gasteiger partial charge on any atom is -0.383 e. The average Bonchev–Trinajstić information content (AvgIpc) is 2.30. The summed E-state index contributed by atoms with van der Waals surface area (Å²) in [4.78, 5) is 0. The lowest BCUT2D eigenvalue weighted by Gasteiger charge is -2.10. The Bertz CT molecular complexity index is 349. The second-order valence-electron chi connectivity index (χ2n) is 3.73. The number of methoxy groups -OCH3 is 1. The predicted octanol–water partition coefficient (Wildman–Crippen LogP) is 3.21. The second kappa shape index (κ2) is 7.88. The van der Waals surface area contributed by atoms with Gasteiger partial charge >= 0.3 is 0 Å². The van der Waals surface area contributed by atoms with Gasteiger partial charge in [-0.05, 0) is 19.0 Å². The van der Waals surface area contributed by atoms with Crippen LogP contribution in [0.1, 0.15) is 12.0 Å². The van der Waals surface area contributed by atoms with E-state index >= 15 is 0 Å². The summed E-state index contributed by atoms with van der Waals surface area (Å²) in [5.41, 5.74) is 0.565. The van der Waals surface area contributed by atoms with E-state index in [4.69, 9.17) is 27.9 Å². The van der Waals surface area contributed by atoms with E-state index in [1.165, 1.54) is 6.07 Å². The van der Waals surface area contributed by atoms with Crippen LogP contribution >= 0.6 is 23.2 Å². The molecule has 96 valence electrons. The normalized spacial score (nSPS) is 12.7. The largest absolute Gasteiger partial charge is 0.383 e. The molecule has 0 bridgehead atoms. The molecule has 0 aromatic heterocycles. The van der Waals surface area contributed by atoms with Gasteiger partial charge in [0.2, 0.25) is 0 Å². The molecule has 1 atom stereocenters. The molecular weight excluding hydrogens is 264 g/mol. The molecule has 0 saturated heterocycles. The summed E-state index contributed by atoms with van der Waals surface area (Å²) in [6.07, 6.45) is 0.775. The van der Waals surface area contributed by atoms with Gasteiger partial charge in [0.05, 0.1) is 17.0 Å². The van der Waals surface area contributed by atoms with Crippen LogP contribution in [0.4, 0.5) is 4.39 Å². The minimum atomic E-state index is -0.360. The average molecular weight is 280 g/mol. The van der Waals surface area contributed by atoms with E-state index in [2.05, 4.69) is 5.32 Å². The Kier molecular flexibility index (Phi) is 6.82. The number of nitrogens with one attached hydrogen (secondary N) is 1. The van der Waals surface area contributed by atoms with Crippen molar-refractivity contribution in [3.8, 4) is 0 Å². The van der Waals surface area contributed by atoms with Crippen LogP contribution in [0.2, 0.25) is 5.02 Å². The fourth-order valence-electron chi connectivity index (χ4n) is 1.43. The number of ether oxygens (including phenoxy) is 1. The Labute approximate surface area is 111 Å². The molecule has 0 aliphatic rings. The molecule has 0 radical (unpaired) electrons. The lowest BCUT2D eigenvalue weighted by atomic mass is 10.2. The van der Waals surface area contributed by atoms with Crippen molar-refractivity contribution in [2.75, 3.05) is 20.3 Å². The van der Waals surface area contributed by atoms with Gasteiger partial charge < -0.3 is 10.1 Å². The van der Waals surface area contributed by atoms with Gasteiger partial charge in [-0.1, -0.05) is 23.7 Å². The summed E-state index contributed by atoms with van der Waals surface area (Å²) < 4.78 is 18.4. The van der Waals surface area contributed by atoms with Crippen molar-refractivity contribution in [2.24, 2.45) is 0 Å². The predicted molar refractivity (Wildman–Crippen MR) is 69.3 cm³/mol. The molecule has 0 amide bonds. The molecule has 5 heteroatoms. The van der Waals surface area contributed by atoms with Crippen LogP contribution in [0.3, 0.4) is 0 Å². The molecule has 0 aliphatic heterocycles. The molecule has 0 spiro atoms. The van der Waals surface area contributed by atoms with Crippen molar-refractivity contribution in [1.29, 1.82) is 0 Å². The van der Waals surface area contributed by atoms with Gasteiger partial charge in [0.1, 0.15) is 5.82 Å². The van der Waals surface area contributed by atoms with Crippen LogP contribution in [-0.2, 0) is 11.3 Å². The lowest BCUT2D eigenvalue weighted by Crippen LogP contribution is -2.20. The highest BCUT2D eigenvalue weighted by Gasteiger charge is 2.06. The smallest absolute Gasteiger partial charge is 0.146 e. The molecule has 1 aromatic carbocycles. The van der Waals surface area contributed by atoms with Crippen molar-refractivity contribution >= 4 is 23.2 Å². The molecule has 2 nitrogen and oxygen atoms in total. The van der Waals surface area contributed by atoms with Gasteiger partial charge in [0, 0.05) is 19.2 Å². The topological polar surface area (TPSA) is 21.3 Å². The Morgan fingerprint density at radius 3 is 2.94 bits per heavy atom. The fraction of sp³-hybridized carbons (Fsp3) is 0.500. The summed E-state index contributed by atoms with van der Waals surface area (Å²) in [6, 6.07) is 4.98. The highest BCUT2D eigenvalue weighted by Crippen LogP contribution is 2.17. The Hall–Kier alpha value is -0.350. The van der Waals surface area contributed by atoms with E-state index in [-0.39, 0.29) is 16.2 Å². The monoisotopic (exact) mass is 279 g/mol. The van der Waals surface area contributed by atoms with Gasteiger partial charge in [-0.3, -0.25) is 0 Å². The van der Waals surface area contributed by atoms with Crippen molar-refractivity contribution in [3.63, 3.8) is 0 Å². The maximum absolute atomic E-state index is 13.5. The Morgan fingerprint density at radius 1 is 1.47 bits per heavy atom. The van der Waals surface area contributed by atoms with Crippen molar-refractivity contribution in [3.05, 3.63) is 34.6 Å². The van der Waals surface area contributed by atoms with Crippen LogP contribution in [0.15, 0.2) is 18.2 Å². The van der Waals surface area contributed by atoms with Crippen LogP contribution in [0, 0.1) is 5.82 Å². The first-order chi connectivity index (χ1) is 8.15. The van der Waals surface area contributed by atoms with Crippen LogP contribution < -0.4 is 5.32 Å². The Morgan fingerprint density at radius 2 is 2.24 bits per heavy atom. The molecule has 1 rings (SSSR count). The first kappa shape index (κ1) is 14.7. The first-order valence-corrected chi connectivity index (χ1v) is 6.23. The van der Waals surface area contributed by atoms with Gasteiger partial charge in [-0.25, -0.2) is 4.39 Å². The molecule has 0 aliphatic carbocycles. The summed E-state index contributed by atoms with van der Waals surface area (Å²) in [5, 5.41) is 3.26. The van der Waals surface area contributed by atoms with Gasteiger partial charge in [0.25, 0.3) is 0 Å². The second-order valence-corrected chi connectivity index (χ2v) is 4.76. The molecule has 1 aromatic rings. The summed E-state index contributed by atoms with van der Waals surface area (Å²) in [5.74, 6) is -0.360. The van der Waals surface area contributed by atoms with Crippen molar-refractivity contribution in [2.45, 2.75) is 18.3 Å². The SMILES string of the molecule is COCC(Cl)CCNCc1cccc(Cl)c1F. The van der Waals surface area contributed by atoms with E-state index in [1.54, 1.807) is 19.2 Å². The number of benzene rings is 1. The zero-order chi connectivity index (χ0) is 12.7. The summed E-state index contributed by atoms with van der Waals surface area (Å²) >= 11 is 11.6. The first-order valence-electron chi connectivity index (χ1n) is 5.41. The molecule has 17 heavy (non-hydrogen) atoms. The van der Waals surface area contributed by atoms with Crippen LogP contribution in [0.5, 0.6) is 0 Å². The number of hydrogen-bond acceptors (Lipinski definition) is 2. The minimum absolute atomic E-state index is 0.0169. The van der Waals surface area contributed by atoms with Gasteiger partial charge in [-0.15, -0.1) is 11.6 Å². The highest BCUT2D eigenvalue weighted by atomic mass is 35.5. The third kappa shape index (κ3) is 5.21. The zero-order valence-electron chi connectivity index (χ0n) is 9.68. The highest BCUT2D eigenvalue weighted by molar-refractivity contribution is 6.30.